The molecular weight excluding hydrogens is 350 g/mol. The molecule has 0 bridgehead atoms. The molecule has 8 heteroatoms. The predicted octanol–water partition coefficient (Wildman–Crippen LogP) is 3.13. The van der Waals surface area contributed by atoms with Gasteiger partial charge >= 0.3 is 0 Å². The van der Waals surface area contributed by atoms with Crippen molar-refractivity contribution < 1.29 is 4.92 Å². The Hall–Kier alpha value is -2.74. The number of nitrogen functional groups attached to an aromatic ring is 2. The van der Waals surface area contributed by atoms with Crippen LogP contribution in [0.25, 0.3) is 22.3 Å². The van der Waals surface area contributed by atoms with Gasteiger partial charge in [0, 0.05) is 21.5 Å². The Labute approximate surface area is 133 Å². The molecule has 4 N–H and O–H groups in total. The lowest BCUT2D eigenvalue weighted by atomic mass is 10.1. The van der Waals surface area contributed by atoms with Crippen LogP contribution in [0.1, 0.15) is 0 Å². The van der Waals surface area contributed by atoms with Crippen LogP contribution in [0.15, 0.2) is 40.9 Å². The first kappa shape index (κ1) is 14.2. The van der Waals surface area contributed by atoms with E-state index in [0.717, 1.165) is 10.0 Å². The summed E-state index contributed by atoms with van der Waals surface area (Å²) in [5.74, 6) is 0.600. The predicted molar refractivity (Wildman–Crippen MR) is 88.2 cm³/mol. The number of anilines is 2. The SMILES string of the molecule is Nc1cc2nc(-c3cccc(Br)c3)nc(N)c2cc1[N+](=O)[O-]. The van der Waals surface area contributed by atoms with Crippen molar-refractivity contribution in [1.82, 2.24) is 9.97 Å². The van der Waals surface area contributed by atoms with Gasteiger partial charge in [-0.1, -0.05) is 28.1 Å². The monoisotopic (exact) mass is 359 g/mol. The standard InChI is InChI=1S/C14H10BrN5O2/c15-8-3-1-2-7(4-8)14-18-11-6-10(16)12(20(21)22)5-9(11)13(17)19-14/h1-6H,16H2,(H2,17,18,19). The summed E-state index contributed by atoms with van der Waals surface area (Å²) in [4.78, 5) is 19.0. The van der Waals surface area contributed by atoms with Gasteiger partial charge in [0.05, 0.1) is 10.4 Å². The minimum atomic E-state index is -0.559. The molecular formula is C14H10BrN5O2. The van der Waals surface area contributed by atoms with Crippen molar-refractivity contribution in [2.24, 2.45) is 0 Å². The van der Waals surface area contributed by atoms with Crippen LogP contribution in [-0.2, 0) is 0 Å². The van der Waals surface area contributed by atoms with E-state index >= 15 is 0 Å². The summed E-state index contributed by atoms with van der Waals surface area (Å²) in [5.41, 5.74) is 12.7. The summed E-state index contributed by atoms with van der Waals surface area (Å²) in [6.45, 7) is 0. The molecule has 0 aliphatic carbocycles. The molecule has 0 fully saturated rings. The topological polar surface area (TPSA) is 121 Å². The second-order valence-corrected chi connectivity index (χ2v) is 5.54. The van der Waals surface area contributed by atoms with Gasteiger partial charge < -0.3 is 11.5 Å². The van der Waals surface area contributed by atoms with E-state index in [-0.39, 0.29) is 17.2 Å². The van der Waals surface area contributed by atoms with Gasteiger partial charge in [0.25, 0.3) is 5.69 Å². The summed E-state index contributed by atoms with van der Waals surface area (Å²) in [6.07, 6.45) is 0. The molecule has 0 unspecified atom stereocenters. The fourth-order valence-corrected chi connectivity index (χ4v) is 2.52. The summed E-state index contributed by atoms with van der Waals surface area (Å²) in [6, 6.07) is 10.2. The van der Waals surface area contributed by atoms with Crippen LogP contribution in [-0.4, -0.2) is 14.9 Å². The van der Waals surface area contributed by atoms with Gasteiger partial charge in [-0.2, -0.15) is 0 Å². The number of hydrogen-bond acceptors (Lipinski definition) is 6. The van der Waals surface area contributed by atoms with Crippen molar-refractivity contribution in [2.75, 3.05) is 11.5 Å². The minimum Gasteiger partial charge on any atom is -0.393 e. The highest BCUT2D eigenvalue weighted by Gasteiger charge is 2.16. The average Bonchev–Trinajstić information content (AvgIpc) is 2.46. The maximum atomic E-state index is 10.9. The number of nitro groups is 1. The summed E-state index contributed by atoms with van der Waals surface area (Å²) in [5, 5.41) is 11.3. The lowest BCUT2D eigenvalue weighted by Crippen LogP contribution is -2.01. The fourth-order valence-electron chi connectivity index (χ4n) is 2.12. The van der Waals surface area contributed by atoms with Crippen molar-refractivity contribution in [3.8, 4) is 11.4 Å². The second-order valence-electron chi connectivity index (χ2n) is 4.63. The lowest BCUT2D eigenvalue weighted by molar-refractivity contribution is -0.383. The molecule has 0 saturated carbocycles. The molecule has 0 spiro atoms. The molecule has 0 aliphatic rings. The first-order chi connectivity index (χ1) is 10.5. The van der Waals surface area contributed by atoms with E-state index in [2.05, 4.69) is 25.9 Å². The van der Waals surface area contributed by atoms with E-state index in [9.17, 15) is 10.1 Å². The van der Waals surface area contributed by atoms with Crippen LogP contribution in [0.3, 0.4) is 0 Å². The first-order valence-corrected chi connectivity index (χ1v) is 7.02. The van der Waals surface area contributed by atoms with E-state index in [1.165, 1.54) is 12.1 Å². The number of nitrogens with zero attached hydrogens (tertiary/aromatic N) is 3. The quantitative estimate of drug-likeness (QED) is 0.411. The summed E-state index contributed by atoms with van der Waals surface area (Å²) < 4.78 is 0.885. The van der Waals surface area contributed by atoms with Crippen molar-refractivity contribution in [3.05, 3.63) is 51.0 Å². The maximum Gasteiger partial charge on any atom is 0.293 e. The van der Waals surface area contributed by atoms with Crippen LogP contribution in [0.5, 0.6) is 0 Å². The smallest absolute Gasteiger partial charge is 0.293 e. The Morgan fingerprint density at radius 2 is 1.91 bits per heavy atom. The van der Waals surface area contributed by atoms with Crippen LogP contribution in [0.2, 0.25) is 0 Å². The molecule has 7 nitrogen and oxygen atoms in total. The third-order valence-electron chi connectivity index (χ3n) is 3.15. The van der Waals surface area contributed by atoms with Gasteiger partial charge in [-0.3, -0.25) is 10.1 Å². The molecule has 0 radical (unpaired) electrons. The normalized spacial score (nSPS) is 10.8. The number of aromatic nitrogens is 2. The Balaban J connectivity index is 2.25. The summed E-state index contributed by atoms with van der Waals surface area (Å²) in [7, 11) is 0. The molecule has 110 valence electrons. The zero-order valence-electron chi connectivity index (χ0n) is 11.2. The second kappa shape index (κ2) is 5.23. The number of benzene rings is 2. The average molecular weight is 360 g/mol. The van der Waals surface area contributed by atoms with Gasteiger partial charge in [0.1, 0.15) is 11.5 Å². The lowest BCUT2D eigenvalue weighted by Gasteiger charge is -2.07. The van der Waals surface area contributed by atoms with Gasteiger partial charge in [0.2, 0.25) is 0 Å². The van der Waals surface area contributed by atoms with Gasteiger partial charge in [-0.25, -0.2) is 9.97 Å². The van der Waals surface area contributed by atoms with Crippen LogP contribution >= 0.6 is 15.9 Å². The van der Waals surface area contributed by atoms with E-state index in [1.807, 2.05) is 24.3 Å². The first-order valence-electron chi connectivity index (χ1n) is 6.23. The van der Waals surface area contributed by atoms with Crippen molar-refractivity contribution in [3.63, 3.8) is 0 Å². The van der Waals surface area contributed by atoms with Gasteiger partial charge in [-0.15, -0.1) is 0 Å². The Morgan fingerprint density at radius 3 is 2.59 bits per heavy atom. The van der Waals surface area contributed by atoms with Crippen molar-refractivity contribution >= 4 is 44.0 Å². The molecule has 3 rings (SSSR count). The largest absolute Gasteiger partial charge is 0.393 e. The molecule has 2 aromatic carbocycles. The van der Waals surface area contributed by atoms with Crippen molar-refractivity contribution in [1.29, 1.82) is 0 Å². The minimum absolute atomic E-state index is 0.0378. The van der Waals surface area contributed by atoms with E-state index in [4.69, 9.17) is 11.5 Å². The maximum absolute atomic E-state index is 10.9. The number of nitro benzene ring substituents is 1. The zero-order chi connectivity index (χ0) is 15.9. The molecule has 1 heterocycles. The molecule has 3 aromatic rings. The molecule has 0 aliphatic heterocycles. The van der Waals surface area contributed by atoms with E-state index in [0.29, 0.717) is 16.7 Å². The summed E-state index contributed by atoms with van der Waals surface area (Å²) >= 11 is 3.38. The number of rotatable bonds is 2. The number of hydrogen-bond donors (Lipinski definition) is 2. The molecule has 1 aromatic heterocycles. The number of fused-ring (bicyclic) bond motifs is 1. The molecule has 22 heavy (non-hydrogen) atoms. The third kappa shape index (κ3) is 2.44. The Bertz CT molecular complexity index is 913. The number of nitrogens with two attached hydrogens (primary N) is 2. The number of halogens is 1. The Morgan fingerprint density at radius 1 is 1.14 bits per heavy atom. The Kier molecular flexibility index (Phi) is 3.38. The molecule has 0 amide bonds. The fraction of sp³-hybridized carbons (Fsp3) is 0. The molecule has 0 saturated heterocycles. The third-order valence-corrected chi connectivity index (χ3v) is 3.65. The van der Waals surface area contributed by atoms with Gasteiger partial charge in [-0.05, 0) is 18.2 Å². The van der Waals surface area contributed by atoms with Crippen LogP contribution in [0, 0.1) is 10.1 Å². The van der Waals surface area contributed by atoms with Crippen LogP contribution in [0.4, 0.5) is 17.2 Å². The zero-order valence-corrected chi connectivity index (χ0v) is 12.7. The highest BCUT2D eigenvalue weighted by molar-refractivity contribution is 9.10. The van der Waals surface area contributed by atoms with E-state index in [1.54, 1.807) is 0 Å². The highest BCUT2D eigenvalue weighted by atomic mass is 79.9. The highest BCUT2D eigenvalue weighted by Crippen LogP contribution is 2.31. The van der Waals surface area contributed by atoms with Crippen molar-refractivity contribution in [2.45, 2.75) is 0 Å². The van der Waals surface area contributed by atoms with Crippen LogP contribution < -0.4 is 11.5 Å². The molecule has 0 atom stereocenters. The van der Waals surface area contributed by atoms with E-state index < -0.39 is 4.92 Å². The van der Waals surface area contributed by atoms with Gasteiger partial charge in [0.15, 0.2) is 5.82 Å².